The lowest BCUT2D eigenvalue weighted by Gasteiger charge is -2.39. The van der Waals surface area contributed by atoms with Gasteiger partial charge in [0.15, 0.2) is 0 Å². The third-order valence-electron chi connectivity index (χ3n) is 3.71. The zero-order chi connectivity index (χ0) is 12.5. The highest BCUT2D eigenvalue weighted by atomic mass is 32.1. The summed E-state index contributed by atoms with van der Waals surface area (Å²) >= 11 is 5.08. The van der Waals surface area contributed by atoms with Crippen molar-refractivity contribution < 1.29 is 0 Å². The van der Waals surface area contributed by atoms with E-state index >= 15 is 0 Å². The molecule has 1 aromatic carbocycles. The molecule has 1 saturated carbocycles. The molecule has 0 radical (unpaired) electrons. The van der Waals surface area contributed by atoms with E-state index in [1.54, 1.807) is 0 Å². The molecule has 0 amide bonds. The molecule has 2 rings (SSSR count). The first kappa shape index (κ1) is 12.4. The highest BCUT2D eigenvalue weighted by Crippen LogP contribution is 2.40. The van der Waals surface area contributed by atoms with E-state index in [-0.39, 0.29) is 0 Å². The van der Waals surface area contributed by atoms with E-state index < -0.39 is 0 Å². The predicted molar refractivity (Wildman–Crippen MR) is 77.5 cm³/mol. The maximum atomic E-state index is 5.74. The van der Waals surface area contributed by atoms with E-state index in [0.717, 1.165) is 17.8 Å². The highest BCUT2D eigenvalue weighted by Gasteiger charge is 2.31. The van der Waals surface area contributed by atoms with E-state index in [1.807, 2.05) is 12.1 Å². The summed E-state index contributed by atoms with van der Waals surface area (Å²) in [5.41, 5.74) is 9.45. The third-order valence-corrected chi connectivity index (χ3v) is 3.93. The van der Waals surface area contributed by atoms with E-state index in [0.29, 0.717) is 10.4 Å². The van der Waals surface area contributed by atoms with Crippen molar-refractivity contribution in [2.75, 3.05) is 11.9 Å². The Balaban J connectivity index is 2.13. The van der Waals surface area contributed by atoms with Crippen LogP contribution in [0.25, 0.3) is 0 Å². The Morgan fingerprint density at radius 1 is 1.47 bits per heavy atom. The summed E-state index contributed by atoms with van der Waals surface area (Å²) in [4.78, 5) is 0.464. The average molecular weight is 248 g/mol. The molecule has 0 spiro atoms. The van der Waals surface area contributed by atoms with Gasteiger partial charge < -0.3 is 11.1 Å². The summed E-state index contributed by atoms with van der Waals surface area (Å²) in [6.45, 7) is 5.42. The number of hydrogen-bond acceptors (Lipinski definition) is 2. The Morgan fingerprint density at radius 3 is 2.71 bits per heavy atom. The third kappa shape index (κ3) is 2.78. The van der Waals surface area contributed by atoms with Crippen LogP contribution in [0.2, 0.25) is 0 Å². The second-order valence-corrected chi connectivity index (χ2v) is 5.87. The van der Waals surface area contributed by atoms with E-state index in [4.69, 9.17) is 18.0 Å². The molecule has 0 saturated heterocycles. The van der Waals surface area contributed by atoms with Crippen LogP contribution in [-0.4, -0.2) is 11.5 Å². The number of hydrogen-bond donors (Lipinski definition) is 2. The maximum absolute atomic E-state index is 5.74. The van der Waals surface area contributed by atoms with Crippen LogP contribution >= 0.6 is 12.2 Å². The minimum absolute atomic E-state index is 0.456. The molecule has 0 atom stereocenters. The molecule has 0 heterocycles. The zero-order valence-corrected chi connectivity index (χ0v) is 11.4. The molecule has 0 aliphatic heterocycles. The average Bonchev–Trinajstić information content (AvgIpc) is 2.23. The lowest BCUT2D eigenvalue weighted by Crippen LogP contribution is -2.33. The van der Waals surface area contributed by atoms with Crippen molar-refractivity contribution in [1.29, 1.82) is 0 Å². The molecule has 1 fully saturated rings. The van der Waals surface area contributed by atoms with E-state index in [2.05, 4.69) is 25.2 Å². The first-order valence-corrected chi connectivity index (χ1v) is 6.55. The molecular weight excluding hydrogens is 228 g/mol. The lowest BCUT2D eigenvalue weighted by atomic mass is 9.70. The molecule has 17 heavy (non-hydrogen) atoms. The number of aryl methyl sites for hydroxylation is 1. The zero-order valence-electron chi connectivity index (χ0n) is 10.5. The number of anilines is 1. The van der Waals surface area contributed by atoms with Gasteiger partial charge in [0.25, 0.3) is 0 Å². The molecule has 0 aromatic heterocycles. The summed E-state index contributed by atoms with van der Waals surface area (Å²) in [5.74, 6) is 0. The van der Waals surface area contributed by atoms with Crippen LogP contribution in [0.1, 0.15) is 37.3 Å². The molecule has 1 aliphatic rings. The van der Waals surface area contributed by atoms with Crippen molar-refractivity contribution >= 4 is 22.9 Å². The van der Waals surface area contributed by atoms with Gasteiger partial charge >= 0.3 is 0 Å². The van der Waals surface area contributed by atoms with Gasteiger partial charge in [-0.3, -0.25) is 0 Å². The smallest absolute Gasteiger partial charge is 0.106 e. The Bertz CT molecular complexity index is 436. The number of thiocarbonyl (C=S) groups is 1. The Kier molecular flexibility index (Phi) is 3.38. The van der Waals surface area contributed by atoms with Gasteiger partial charge in [-0.05, 0) is 42.9 Å². The van der Waals surface area contributed by atoms with Crippen molar-refractivity contribution in [3.63, 3.8) is 0 Å². The molecule has 92 valence electrons. The fourth-order valence-electron chi connectivity index (χ4n) is 2.28. The second kappa shape index (κ2) is 4.65. The molecule has 3 N–H and O–H groups in total. The normalized spacial score (nSPS) is 17.3. The minimum atomic E-state index is 0.456. The number of nitrogens with one attached hydrogen (secondary N) is 1. The lowest BCUT2D eigenvalue weighted by molar-refractivity contribution is 0.180. The monoisotopic (exact) mass is 248 g/mol. The van der Waals surface area contributed by atoms with Crippen molar-refractivity contribution in [2.24, 2.45) is 11.1 Å². The van der Waals surface area contributed by atoms with E-state index in [9.17, 15) is 0 Å². The van der Waals surface area contributed by atoms with Gasteiger partial charge in [-0.25, -0.2) is 0 Å². The van der Waals surface area contributed by atoms with Crippen molar-refractivity contribution in [2.45, 2.75) is 33.1 Å². The number of benzene rings is 1. The summed E-state index contributed by atoms with van der Waals surface area (Å²) in [7, 11) is 0. The molecule has 2 nitrogen and oxygen atoms in total. The molecule has 1 aromatic rings. The van der Waals surface area contributed by atoms with Crippen LogP contribution in [0, 0.1) is 12.3 Å². The predicted octanol–water partition coefficient (Wildman–Crippen LogP) is 3.23. The van der Waals surface area contributed by atoms with Gasteiger partial charge in [0.05, 0.1) is 0 Å². The molecule has 3 heteroatoms. The van der Waals surface area contributed by atoms with Crippen LogP contribution < -0.4 is 11.1 Å². The maximum Gasteiger partial charge on any atom is 0.106 e. The quantitative estimate of drug-likeness (QED) is 0.803. The van der Waals surface area contributed by atoms with Gasteiger partial charge in [-0.15, -0.1) is 0 Å². The van der Waals surface area contributed by atoms with Crippen molar-refractivity contribution in [3.05, 3.63) is 29.3 Å². The Hall–Kier alpha value is -1.09. The standard InChI is InChI=1S/C14H20N2S/c1-10-4-5-11(13(15)17)12(8-10)16-9-14(2)6-3-7-14/h4-5,8,16H,3,6-7,9H2,1-2H3,(H2,15,17). The largest absolute Gasteiger partial charge is 0.389 e. The summed E-state index contributed by atoms with van der Waals surface area (Å²) in [5, 5.41) is 3.51. The Morgan fingerprint density at radius 2 is 2.18 bits per heavy atom. The second-order valence-electron chi connectivity index (χ2n) is 5.43. The number of nitrogens with two attached hydrogens (primary N) is 1. The molecule has 1 aliphatic carbocycles. The fraction of sp³-hybridized carbons (Fsp3) is 0.500. The summed E-state index contributed by atoms with van der Waals surface area (Å²) in [6, 6.07) is 6.17. The molecule has 0 unspecified atom stereocenters. The van der Waals surface area contributed by atoms with Crippen molar-refractivity contribution in [1.82, 2.24) is 0 Å². The van der Waals surface area contributed by atoms with Gasteiger partial charge in [-0.1, -0.05) is 31.6 Å². The van der Waals surface area contributed by atoms with Crippen LogP contribution in [0.4, 0.5) is 5.69 Å². The van der Waals surface area contributed by atoms with Gasteiger partial charge in [-0.2, -0.15) is 0 Å². The van der Waals surface area contributed by atoms with Crippen molar-refractivity contribution in [3.8, 4) is 0 Å². The van der Waals surface area contributed by atoms with Crippen LogP contribution in [-0.2, 0) is 0 Å². The first-order valence-electron chi connectivity index (χ1n) is 6.15. The number of rotatable bonds is 4. The fourth-order valence-corrected chi connectivity index (χ4v) is 2.46. The summed E-state index contributed by atoms with van der Waals surface area (Å²) < 4.78 is 0. The first-order chi connectivity index (χ1) is 8.00. The van der Waals surface area contributed by atoms with Crippen LogP contribution in [0.5, 0.6) is 0 Å². The minimum Gasteiger partial charge on any atom is -0.389 e. The highest BCUT2D eigenvalue weighted by molar-refractivity contribution is 7.80. The summed E-state index contributed by atoms with van der Waals surface area (Å²) in [6.07, 6.45) is 3.98. The Labute approximate surface area is 109 Å². The van der Waals surface area contributed by atoms with Gasteiger partial charge in [0.2, 0.25) is 0 Å². The van der Waals surface area contributed by atoms with Gasteiger partial charge in [0, 0.05) is 17.8 Å². The molecule has 0 bridgehead atoms. The van der Waals surface area contributed by atoms with E-state index in [1.165, 1.54) is 24.8 Å². The molecular formula is C14H20N2S. The van der Waals surface area contributed by atoms with Crippen LogP contribution in [0.3, 0.4) is 0 Å². The van der Waals surface area contributed by atoms with Crippen LogP contribution in [0.15, 0.2) is 18.2 Å². The SMILES string of the molecule is Cc1ccc(C(N)=S)c(NCC2(C)CCC2)c1. The topological polar surface area (TPSA) is 38.0 Å². The van der Waals surface area contributed by atoms with Gasteiger partial charge in [0.1, 0.15) is 4.99 Å².